The average molecular weight is 1040 g/mol. The molecule has 0 bridgehead atoms. The molecule has 2 aliphatic carbocycles. The number of hydrogen-bond donors (Lipinski definition) is 4. The van der Waals surface area contributed by atoms with Crippen molar-refractivity contribution in [3.05, 3.63) is 135 Å². The Kier molecular flexibility index (Phi) is 14.6. The molecule has 4 aromatic carbocycles. The maximum Gasteiger partial charge on any atom is 0.293 e. The average Bonchev–Trinajstić information content (AvgIpc) is 3.86. The number of methoxy groups -OCH3 is 1. The summed E-state index contributed by atoms with van der Waals surface area (Å²) in [5, 5.41) is 32.4. The van der Waals surface area contributed by atoms with E-state index in [2.05, 4.69) is 80.4 Å². The van der Waals surface area contributed by atoms with Crippen molar-refractivity contribution in [2.24, 2.45) is 11.3 Å². The number of pyridine rings is 1. The van der Waals surface area contributed by atoms with Crippen molar-refractivity contribution in [3.8, 4) is 17.2 Å². The summed E-state index contributed by atoms with van der Waals surface area (Å²) in [5.74, 6) is 1.06. The summed E-state index contributed by atoms with van der Waals surface area (Å²) in [7, 11) is -2.89. The van der Waals surface area contributed by atoms with Crippen molar-refractivity contribution in [1.82, 2.24) is 14.6 Å². The first kappa shape index (κ1) is 51.2. The zero-order valence-corrected chi connectivity index (χ0v) is 44.2. The lowest BCUT2D eigenvalue weighted by Crippen LogP contribution is -2.57. The van der Waals surface area contributed by atoms with Crippen LogP contribution >= 0.6 is 11.3 Å². The molecule has 1 amide bonds. The molecule has 2 unspecified atom stereocenters. The van der Waals surface area contributed by atoms with Gasteiger partial charge in [0.15, 0.2) is 0 Å². The number of fused-ring (bicyclic) bond motifs is 1. The van der Waals surface area contributed by atoms with Crippen molar-refractivity contribution in [2.45, 2.75) is 120 Å². The zero-order chi connectivity index (χ0) is 51.8. The number of nitro benzene ring substituents is 1. The molecule has 2 saturated carbocycles. The smallest absolute Gasteiger partial charge is 0.293 e. The first-order valence-corrected chi connectivity index (χ1v) is 28.4. The molecule has 15 nitrogen and oxygen atoms in total. The molecule has 2 saturated heterocycles. The van der Waals surface area contributed by atoms with Gasteiger partial charge in [0, 0.05) is 73.2 Å². The lowest BCUT2D eigenvalue weighted by Gasteiger charge is -2.58. The molecule has 0 radical (unpaired) electrons. The predicted molar refractivity (Wildman–Crippen MR) is 291 cm³/mol. The molecule has 2 atom stereocenters. The number of thiophene rings is 1. The summed E-state index contributed by atoms with van der Waals surface area (Å²) < 4.78 is 41.7. The highest BCUT2D eigenvalue weighted by atomic mass is 32.2. The first-order chi connectivity index (χ1) is 35.5. The normalized spacial score (nSPS) is 22.3. The Morgan fingerprint density at radius 1 is 0.932 bits per heavy atom. The Labute approximate surface area is 437 Å². The van der Waals surface area contributed by atoms with E-state index in [1.807, 2.05) is 42.6 Å². The fourth-order valence-electron chi connectivity index (χ4n) is 11.9. The van der Waals surface area contributed by atoms with Gasteiger partial charge in [0.1, 0.15) is 27.8 Å². The van der Waals surface area contributed by atoms with E-state index in [-0.39, 0.29) is 28.3 Å². The number of carbonyl (C=O) groups excluding carboxylic acids is 1. The zero-order valence-electron chi connectivity index (χ0n) is 42.6. The van der Waals surface area contributed by atoms with Crippen molar-refractivity contribution < 1.29 is 32.7 Å². The first-order valence-electron chi connectivity index (χ1n) is 26.0. The summed E-state index contributed by atoms with van der Waals surface area (Å²) in [6, 6.07) is 30.9. The van der Waals surface area contributed by atoms with Crippen LogP contribution in [0.1, 0.15) is 118 Å². The van der Waals surface area contributed by atoms with Gasteiger partial charge >= 0.3 is 0 Å². The monoisotopic (exact) mass is 1040 g/mol. The largest absolute Gasteiger partial charge is 0.497 e. The maximum absolute atomic E-state index is 14.1. The molecule has 2 aromatic heterocycles. The van der Waals surface area contributed by atoms with Gasteiger partial charge in [-0.15, -0.1) is 11.3 Å². The molecule has 2 aliphatic heterocycles. The van der Waals surface area contributed by atoms with Crippen LogP contribution in [0.5, 0.6) is 17.2 Å². The Hall–Kier alpha value is -6.27. The van der Waals surface area contributed by atoms with Gasteiger partial charge in [0.25, 0.3) is 21.6 Å². The summed E-state index contributed by atoms with van der Waals surface area (Å²) in [4.78, 5) is 35.8. The third-order valence-corrected chi connectivity index (χ3v) is 18.4. The minimum Gasteiger partial charge on any atom is -0.497 e. The number of benzene rings is 4. The molecule has 4 N–H and O–H groups in total. The fraction of sp³-hybridized carbons (Fsp3) is 0.439. The number of nitrogens with one attached hydrogen (secondary N) is 3. The third kappa shape index (κ3) is 11.2. The van der Waals surface area contributed by atoms with Crippen LogP contribution in [-0.2, 0) is 10.0 Å². The Bertz CT molecular complexity index is 3100. The van der Waals surface area contributed by atoms with Gasteiger partial charge in [-0.25, -0.2) is 18.1 Å². The van der Waals surface area contributed by atoms with E-state index in [0.29, 0.717) is 49.2 Å². The van der Waals surface area contributed by atoms with E-state index in [1.54, 1.807) is 25.4 Å². The third-order valence-electron chi connectivity index (χ3n) is 16.3. The number of hydrogen-bond acceptors (Lipinski definition) is 14. The highest BCUT2D eigenvalue weighted by Crippen LogP contribution is 2.54. The van der Waals surface area contributed by atoms with Gasteiger partial charge in [-0.1, -0.05) is 38.1 Å². The molecular formula is C57H67N7O8S2. The molecule has 390 valence electrons. The van der Waals surface area contributed by atoms with Crippen LogP contribution in [0.4, 0.5) is 22.7 Å². The predicted octanol–water partition coefficient (Wildman–Crippen LogP) is 11.7. The summed E-state index contributed by atoms with van der Waals surface area (Å²) in [6.07, 6.45) is 10.8. The number of nitro groups is 1. The number of aromatic nitrogens is 1. The van der Waals surface area contributed by atoms with Gasteiger partial charge in [-0.2, -0.15) is 0 Å². The second-order valence-corrected chi connectivity index (χ2v) is 24.2. The molecule has 6 aromatic rings. The van der Waals surface area contributed by atoms with Crippen LogP contribution in [-0.4, -0.2) is 85.2 Å². The van der Waals surface area contributed by atoms with Crippen LogP contribution in [0.3, 0.4) is 0 Å². The quantitative estimate of drug-likeness (QED) is 0.0530. The lowest BCUT2D eigenvalue weighted by atomic mass is 9.59. The number of nitrogens with zero attached hydrogens (tertiary/aromatic N) is 4. The Morgan fingerprint density at radius 3 is 2.42 bits per heavy atom. The van der Waals surface area contributed by atoms with E-state index in [1.165, 1.54) is 34.6 Å². The molecule has 74 heavy (non-hydrogen) atoms. The van der Waals surface area contributed by atoms with Gasteiger partial charge in [0.2, 0.25) is 0 Å². The number of amides is 1. The van der Waals surface area contributed by atoms with Gasteiger partial charge in [-0.3, -0.25) is 19.8 Å². The van der Waals surface area contributed by atoms with Gasteiger partial charge in [-0.05, 0) is 166 Å². The lowest BCUT2D eigenvalue weighted by molar-refractivity contribution is -0.384. The molecule has 17 heteroatoms. The molecule has 10 rings (SSSR count). The number of likely N-dealkylation sites (tertiary alicyclic amines) is 1. The summed E-state index contributed by atoms with van der Waals surface area (Å²) in [5.41, 5.74) is 4.06. The number of piperidine rings is 2. The summed E-state index contributed by atoms with van der Waals surface area (Å²) in [6.45, 7) is 9.48. The summed E-state index contributed by atoms with van der Waals surface area (Å²) >= 11 is 1.50. The molecular weight excluding hydrogens is 975 g/mol. The van der Waals surface area contributed by atoms with E-state index < -0.39 is 37.0 Å². The topological polar surface area (TPSA) is 188 Å². The molecule has 1 spiro atoms. The molecule has 4 heterocycles. The number of aliphatic hydroxyl groups is 1. The van der Waals surface area contributed by atoms with E-state index in [9.17, 15) is 28.4 Å². The van der Waals surface area contributed by atoms with Crippen molar-refractivity contribution in [3.63, 3.8) is 0 Å². The van der Waals surface area contributed by atoms with Crippen LogP contribution in [0.25, 0.3) is 10.2 Å². The number of rotatable bonds is 16. The minimum atomic E-state index is -4.58. The van der Waals surface area contributed by atoms with Crippen LogP contribution in [0.15, 0.2) is 114 Å². The molecule has 4 aliphatic rings. The van der Waals surface area contributed by atoms with Crippen molar-refractivity contribution in [1.29, 1.82) is 0 Å². The van der Waals surface area contributed by atoms with Gasteiger partial charge < -0.3 is 30.1 Å². The fourth-order valence-corrected chi connectivity index (χ4v) is 13.6. The van der Waals surface area contributed by atoms with Crippen LogP contribution < -0.4 is 29.7 Å². The van der Waals surface area contributed by atoms with Gasteiger partial charge in [0.05, 0.1) is 34.3 Å². The maximum atomic E-state index is 14.1. The Balaban J connectivity index is 0.830. The molecule has 4 fully saturated rings. The SMILES string of the molecule is COc1ccc(NC2CCN(C3CC4(CCN(c5ccc(C(=O)NS(=O)(=O)c6ccc(NC[C@H]7CC[C@](C)(O)CC7)c([N+](=O)[O-])c6)c(Oc6cnc7sccc7c6)c5)CC4)C3)C(c3ccccc3C(C)C)C2)cc1. The second kappa shape index (κ2) is 21.2. The minimum absolute atomic E-state index is 0.0196. The van der Waals surface area contributed by atoms with Crippen LogP contribution in [0, 0.1) is 21.4 Å². The van der Waals surface area contributed by atoms with Crippen molar-refractivity contribution >= 4 is 60.2 Å². The highest BCUT2D eigenvalue weighted by Gasteiger charge is 2.50. The standard InChI is InChI=1S/C57H67N7O8S2/c1-37(2)47-7-5-6-8-48(47)51-30-41(60-40-9-12-44(71-4)13-10-40)19-25-63(51)43-33-57(34-43)23-26-62(27-24-57)42-11-15-49(53(31-42)72-45-29-39-20-28-73-55(39)59-36-45)54(65)61-74(69,70)46-14-16-50(52(32-46)64(67)68)58-35-38-17-21-56(3,66)22-18-38/h5-16,20,28-29,31-32,36-38,41,43,51,58,60,66H,17-19,21-27,30,33-35H2,1-4H3,(H,61,65)/t38-,41?,51?,56-. The number of ether oxygens (including phenoxy) is 2. The second-order valence-electron chi connectivity index (χ2n) is 21.6. The number of carbonyl (C=O) groups is 1. The highest BCUT2D eigenvalue weighted by molar-refractivity contribution is 7.90. The number of sulfonamides is 1. The van der Waals surface area contributed by atoms with E-state index in [4.69, 9.17) is 9.47 Å². The Morgan fingerprint density at radius 2 is 1.69 bits per heavy atom. The van der Waals surface area contributed by atoms with E-state index >= 15 is 0 Å². The van der Waals surface area contributed by atoms with Crippen LogP contribution in [0.2, 0.25) is 0 Å². The van der Waals surface area contributed by atoms with Crippen molar-refractivity contribution in [2.75, 3.05) is 48.8 Å². The van der Waals surface area contributed by atoms with E-state index in [0.717, 1.165) is 104 Å². The number of anilines is 3.